The average Bonchev–Trinajstić information content (AvgIpc) is 2.17. The SMILES string of the molecule is COC(=O)/C(C#N)=C(\O)C(C)C#N. The van der Waals surface area contributed by atoms with Crippen molar-refractivity contribution >= 4 is 5.97 Å². The third-order valence-electron chi connectivity index (χ3n) is 1.36. The van der Waals surface area contributed by atoms with Crippen molar-refractivity contribution in [3.63, 3.8) is 0 Å². The third-order valence-corrected chi connectivity index (χ3v) is 1.36. The number of methoxy groups -OCH3 is 1. The van der Waals surface area contributed by atoms with Gasteiger partial charge < -0.3 is 9.84 Å². The summed E-state index contributed by atoms with van der Waals surface area (Å²) in [6.45, 7) is 1.37. The number of nitriles is 2. The Balaban J connectivity index is 5.07. The molecule has 0 rings (SSSR count). The van der Waals surface area contributed by atoms with Crippen LogP contribution in [0.1, 0.15) is 6.92 Å². The molecule has 0 radical (unpaired) electrons. The van der Waals surface area contributed by atoms with Crippen LogP contribution in [0.4, 0.5) is 0 Å². The molecule has 0 saturated carbocycles. The average molecular weight is 180 g/mol. The standard InChI is InChI=1S/C8H8N2O3/c1-5(3-9)7(11)6(4-10)8(12)13-2/h5,11H,1-2H3/b7-6-. The van der Waals surface area contributed by atoms with Crippen molar-refractivity contribution in [1.82, 2.24) is 0 Å². The second-order valence-electron chi connectivity index (χ2n) is 2.21. The Morgan fingerprint density at radius 2 is 2.08 bits per heavy atom. The molecular formula is C8H8N2O3. The van der Waals surface area contributed by atoms with Crippen LogP contribution in [0.5, 0.6) is 0 Å². The highest BCUT2D eigenvalue weighted by molar-refractivity contribution is 5.93. The first kappa shape index (κ1) is 11.0. The number of rotatable bonds is 2. The quantitative estimate of drug-likeness (QED) is 0.291. The minimum absolute atomic E-state index is 0.531. The van der Waals surface area contributed by atoms with E-state index >= 15 is 0 Å². The summed E-state index contributed by atoms with van der Waals surface area (Å²) in [4.78, 5) is 10.8. The zero-order valence-electron chi connectivity index (χ0n) is 7.24. The molecule has 0 aromatic heterocycles. The molecule has 0 amide bonds. The van der Waals surface area contributed by atoms with E-state index in [0.29, 0.717) is 0 Å². The smallest absolute Gasteiger partial charge is 0.352 e. The van der Waals surface area contributed by atoms with E-state index in [2.05, 4.69) is 4.74 Å². The molecule has 0 aliphatic rings. The van der Waals surface area contributed by atoms with Crippen LogP contribution in [0.2, 0.25) is 0 Å². The molecule has 0 bridgehead atoms. The van der Waals surface area contributed by atoms with Gasteiger partial charge in [0.25, 0.3) is 0 Å². The van der Waals surface area contributed by atoms with Crippen molar-refractivity contribution in [3.05, 3.63) is 11.3 Å². The molecule has 0 aliphatic heterocycles. The van der Waals surface area contributed by atoms with E-state index in [1.165, 1.54) is 13.0 Å². The second kappa shape index (κ2) is 4.78. The summed E-state index contributed by atoms with van der Waals surface area (Å²) in [6.07, 6.45) is 0. The van der Waals surface area contributed by atoms with Crippen molar-refractivity contribution in [2.24, 2.45) is 5.92 Å². The molecule has 0 heterocycles. The predicted octanol–water partition coefficient (Wildman–Crippen LogP) is 0.655. The fourth-order valence-corrected chi connectivity index (χ4v) is 0.587. The number of aliphatic hydroxyl groups excluding tert-OH is 1. The van der Waals surface area contributed by atoms with E-state index in [-0.39, 0.29) is 0 Å². The number of carbonyl (C=O) groups excluding carboxylic acids is 1. The fourth-order valence-electron chi connectivity index (χ4n) is 0.587. The minimum Gasteiger partial charge on any atom is -0.509 e. The minimum atomic E-state index is -0.942. The van der Waals surface area contributed by atoms with Gasteiger partial charge in [-0.05, 0) is 6.92 Å². The van der Waals surface area contributed by atoms with Crippen LogP contribution in [0.25, 0.3) is 0 Å². The zero-order valence-corrected chi connectivity index (χ0v) is 7.24. The van der Waals surface area contributed by atoms with Gasteiger partial charge in [-0.1, -0.05) is 0 Å². The van der Waals surface area contributed by atoms with Gasteiger partial charge in [0.05, 0.1) is 13.2 Å². The van der Waals surface area contributed by atoms with Gasteiger partial charge in [-0.25, -0.2) is 4.79 Å². The maximum absolute atomic E-state index is 10.8. The summed E-state index contributed by atoms with van der Waals surface area (Å²) >= 11 is 0. The van der Waals surface area contributed by atoms with Crippen LogP contribution in [0.3, 0.4) is 0 Å². The van der Waals surface area contributed by atoms with Gasteiger partial charge in [0.15, 0.2) is 5.57 Å². The molecule has 0 aromatic carbocycles. The van der Waals surface area contributed by atoms with Crippen LogP contribution in [0.15, 0.2) is 11.3 Å². The second-order valence-corrected chi connectivity index (χ2v) is 2.21. The third kappa shape index (κ3) is 2.49. The van der Waals surface area contributed by atoms with Gasteiger partial charge in [0.1, 0.15) is 17.7 Å². The lowest BCUT2D eigenvalue weighted by molar-refractivity contribution is -0.135. The van der Waals surface area contributed by atoms with Crippen molar-refractivity contribution in [2.75, 3.05) is 7.11 Å². The van der Waals surface area contributed by atoms with Crippen LogP contribution in [-0.2, 0) is 9.53 Å². The highest BCUT2D eigenvalue weighted by Crippen LogP contribution is 2.11. The van der Waals surface area contributed by atoms with E-state index < -0.39 is 23.2 Å². The molecule has 13 heavy (non-hydrogen) atoms. The van der Waals surface area contributed by atoms with Gasteiger partial charge in [-0.3, -0.25) is 0 Å². The van der Waals surface area contributed by atoms with Crippen LogP contribution in [0, 0.1) is 28.6 Å². The van der Waals surface area contributed by atoms with E-state index in [4.69, 9.17) is 10.5 Å². The van der Waals surface area contributed by atoms with Crippen LogP contribution < -0.4 is 0 Å². The molecule has 0 fully saturated rings. The topological polar surface area (TPSA) is 94.1 Å². The van der Waals surface area contributed by atoms with E-state index in [1.54, 1.807) is 6.07 Å². The number of ether oxygens (including phenoxy) is 1. The predicted molar refractivity (Wildman–Crippen MR) is 42.1 cm³/mol. The molecule has 0 spiro atoms. The highest BCUT2D eigenvalue weighted by atomic mass is 16.5. The summed E-state index contributed by atoms with van der Waals surface area (Å²) in [6, 6.07) is 3.16. The fraction of sp³-hybridized carbons (Fsp3) is 0.375. The van der Waals surface area contributed by atoms with Crippen molar-refractivity contribution in [1.29, 1.82) is 10.5 Å². The Kier molecular flexibility index (Phi) is 4.05. The maximum atomic E-state index is 10.8. The van der Waals surface area contributed by atoms with Gasteiger partial charge in [-0.15, -0.1) is 0 Å². The van der Waals surface area contributed by atoms with Crippen molar-refractivity contribution < 1.29 is 14.6 Å². The number of allylic oxidation sites excluding steroid dienone is 1. The first-order chi connectivity index (χ1) is 6.08. The first-order valence-corrected chi connectivity index (χ1v) is 3.39. The Hall–Kier alpha value is -2.01. The van der Waals surface area contributed by atoms with E-state index in [1.807, 2.05) is 0 Å². The Morgan fingerprint density at radius 1 is 1.54 bits per heavy atom. The van der Waals surface area contributed by atoms with Crippen LogP contribution >= 0.6 is 0 Å². The zero-order chi connectivity index (χ0) is 10.4. The van der Waals surface area contributed by atoms with Gasteiger partial charge in [0.2, 0.25) is 0 Å². The molecule has 5 nitrogen and oxygen atoms in total. The van der Waals surface area contributed by atoms with Crippen LogP contribution in [-0.4, -0.2) is 18.2 Å². The Bertz CT molecular complexity index is 319. The van der Waals surface area contributed by atoms with Gasteiger partial charge >= 0.3 is 5.97 Å². The largest absolute Gasteiger partial charge is 0.509 e. The Labute approximate surface area is 75.5 Å². The van der Waals surface area contributed by atoms with E-state index in [9.17, 15) is 9.90 Å². The maximum Gasteiger partial charge on any atom is 0.352 e. The number of esters is 1. The summed E-state index contributed by atoms with van der Waals surface area (Å²) in [5.74, 6) is -2.40. The lowest BCUT2D eigenvalue weighted by Gasteiger charge is -2.03. The Morgan fingerprint density at radius 3 is 2.38 bits per heavy atom. The molecule has 0 aliphatic carbocycles. The monoisotopic (exact) mass is 180 g/mol. The lowest BCUT2D eigenvalue weighted by Crippen LogP contribution is -2.09. The normalized spacial score (nSPS) is 13.2. The summed E-state index contributed by atoms with van der Waals surface area (Å²) in [7, 11) is 1.09. The van der Waals surface area contributed by atoms with E-state index in [0.717, 1.165) is 7.11 Å². The first-order valence-electron chi connectivity index (χ1n) is 3.39. The number of carbonyl (C=O) groups is 1. The molecule has 1 N–H and O–H groups in total. The summed E-state index contributed by atoms with van der Waals surface area (Å²) in [5, 5.41) is 26.1. The van der Waals surface area contributed by atoms with Crippen molar-refractivity contribution in [2.45, 2.75) is 6.92 Å². The molecule has 68 valence electrons. The molecular weight excluding hydrogens is 172 g/mol. The van der Waals surface area contributed by atoms with Gasteiger partial charge in [-0.2, -0.15) is 10.5 Å². The summed E-state index contributed by atoms with van der Waals surface area (Å²) in [5.41, 5.74) is -0.531. The molecule has 1 unspecified atom stereocenters. The molecule has 5 heteroatoms. The molecule has 0 aromatic rings. The van der Waals surface area contributed by atoms with Gasteiger partial charge in [0, 0.05) is 0 Å². The number of nitrogens with zero attached hydrogens (tertiary/aromatic N) is 2. The summed E-state index contributed by atoms with van der Waals surface area (Å²) < 4.78 is 4.23. The molecule has 1 atom stereocenters. The highest BCUT2D eigenvalue weighted by Gasteiger charge is 2.19. The number of hydrogen-bond donors (Lipinski definition) is 1. The number of hydrogen-bond acceptors (Lipinski definition) is 5. The number of aliphatic hydroxyl groups is 1. The van der Waals surface area contributed by atoms with Crippen molar-refractivity contribution in [3.8, 4) is 12.1 Å². The molecule has 0 saturated heterocycles. The lowest BCUT2D eigenvalue weighted by atomic mass is 10.1.